The van der Waals surface area contributed by atoms with Crippen LogP contribution in [0, 0.1) is 0 Å². The Bertz CT molecular complexity index is 326. The van der Waals surface area contributed by atoms with Crippen molar-refractivity contribution < 1.29 is 4.74 Å². The second-order valence-electron chi connectivity index (χ2n) is 3.97. The molecule has 1 aromatic carbocycles. The van der Waals surface area contributed by atoms with E-state index < -0.39 is 0 Å². The minimum atomic E-state index is -0.152. The van der Waals surface area contributed by atoms with E-state index in [-0.39, 0.29) is 17.9 Å². The molecule has 4 heteroatoms. The molecule has 1 heterocycles. The van der Waals surface area contributed by atoms with Gasteiger partial charge in [0.05, 0.1) is 6.61 Å². The standard InChI is InChI=1S/C11H14BrNO.ClH/c12-10-3-1-2-9(6-10)7-11(13)4-5-14-8-11;/h1-3,6H,4-5,7-8,13H2;1H. The van der Waals surface area contributed by atoms with E-state index in [1.54, 1.807) is 0 Å². The maximum atomic E-state index is 6.20. The molecule has 0 saturated carbocycles. The molecule has 1 aliphatic rings. The van der Waals surface area contributed by atoms with Gasteiger partial charge >= 0.3 is 0 Å². The molecule has 2 nitrogen and oxygen atoms in total. The van der Waals surface area contributed by atoms with Crippen LogP contribution >= 0.6 is 28.3 Å². The lowest BCUT2D eigenvalue weighted by Gasteiger charge is -2.21. The largest absolute Gasteiger partial charge is 0.379 e. The van der Waals surface area contributed by atoms with E-state index in [4.69, 9.17) is 10.5 Å². The number of nitrogens with two attached hydrogens (primary N) is 1. The van der Waals surface area contributed by atoms with Crippen LogP contribution in [0.15, 0.2) is 28.7 Å². The number of rotatable bonds is 2. The van der Waals surface area contributed by atoms with Gasteiger partial charge in [-0.15, -0.1) is 12.4 Å². The Morgan fingerprint density at radius 1 is 1.47 bits per heavy atom. The van der Waals surface area contributed by atoms with Crippen LogP contribution in [-0.4, -0.2) is 18.8 Å². The Balaban J connectivity index is 0.00000112. The van der Waals surface area contributed by atoms with Gasteiger partial charge in [0, 0.05) is 16.6 Å². The van der Waals surface area contributed by atoms with Crippen LogP contribution in [0.5, 0.6) is 0 Å². The molecule has 0 bridgehead atoms. The molecule has 1 aliphatic heterocycles. The highest BCUT2D eigenvalue weighted by Gasteiger charge is 2.30. The fourth-order valence-electron chi connectivity index (χ4n) is 1.82. The molecule has 1 saturated heterocycles. The van der Waals surface area contributed by atoms with Crippen molar-refractivity contribution in [2.24, 2.45) is 5.73 Å². The lowest BCUT2D eigenvalue weighted by atomic mass is 9.91. The Morgan fingerprint density at radius 3 is 2.87 bits per heavy atom. The van der Waals surface area contributed by atoms with Crippen LogP contribution < -0.4 is 5.73 Å². The van der Waals surface area contributed by atoms with Crippen molar-refractivity contribution in [3.63, 3.8) is 0 Å². The summed E-state index contributed by atoms with van der Waals surface area (Å²) in [4.78, 5) is 0. The Kier molecular flexibility index (Phi) is 4.59. The van der Waals surface area contributed by atoms with Gasteiger partial charge in [-0.25, -0.2) is 0 Å². The van der Waals surface area contributed by atoms with E-state index in [2.05, 4.69) is 28.1 Å². The van der Waals surface area contributed by atoms with Gasteiger partial charge in [0.2, 0.25) is 0 Å². The first kappa shape index (κ1) is 13.0. The van der Waals surface area contributed by atoms with Crippen LogP contribution in [-0.2, 0) is 11.2 Å². The van der Waals surface area contributed by atoms with E-state index in [0.717, 1.165) is 23.9 Å². The molecule has 0 aromatic heterocycles. The maximum Gasteiger partial charge on any atom is 0.0650 e. The summed E-state index contributed by atoms with van der Waals surface area (Å²) in [7, 11) is 0. The van der Waals surface area contributed by atoms with Crippen LogP contribution in [0.3, 0.4) is 0 Å². The number of benzene rings is 1. The van der Waals surface area contributed by atoms with Gasteiger partial charge in [0.1, 0.15) is 0 Å². The van der Waals surface area contributed by atoms with E-state index in [9.17, 15) is 0 Å². The van der Waals surface area contributed by atoms with Crippen LogP contribution in [0.1, 0.15) is 12.0 Å². The molecular formula is C11H15BrClNO. The highest BCUT2D eigenvalue weighted by Crippen LogP contribution is 2.22. The van der Waals surface area contributed by atoms with Gasteiger partial charge in [0.25, 0.3) is 0 Å². The van der Waals surface area contributed by atoms with E-state index in [0.29, 0.717) is 6.61 Å². The second kappa shape index (κ2) is 5.30. The van der Waals surface area contributed by atoms with Crippen molar-refractivity contribution in [3.05, 3.63) is 34.3 Å². The quantitative estimate of drug-likeness (QED) is 0.909. The van der Waals surface area contributed by atoms with Gasteiger partial charge in [-0.2, -0.15) is 0 Å². The highest BCUT2D eigenvalue weighted by atomic mass is 79.9. The van der Waals surface area contributed by atoms with Crippen LogP contribution in [0.4, 0.5) is 0 Å². The predicted octanol–water partition coefficient (Wildman–Crippen LogP) is 2.53. The minimum Gasteiger partial charge on any atom is -0.379 e. The average molecular weight is 293 g/mol. The number of halogens is 2. The van der Waals surface area contributed by atoms with Crippen molar-refractivity contribution in [1.29, 1.82) is 0 Å². The third-order valence-electron chi connectivity index (χ3n) is 2.58. The minimum absolute atomic E-state index is 0. The maximum absolute atomic E-state index is 6.20. The molecule has 1 atom stereocenters. The number of hydrogen-bond donors (Lipinski definition) is 1. The van der Waals surface area contributed by atoms with E-state index >= 15 is 0 Å². The number of hydrogen-bond acceptors (Lipinski definition) is 2. The lowest BCUT2D eigenvalue weighted by Crippen LogP contribution is -2.42. The summed E-state index contributed by atoms with van der Waals surface area (Å²) in [5.41, 5.74) is 7.32. The zero-order valence-electron chi connectivity index (χ0n) is 8.41. The SMILES string of the molecule is Cl.NC1(Cc2cccc(Br)c2)CCOC1. The topological polar surface area (TPSA) is 35.2 Å². The first-order chi connectivity index (χ1) is 6.68. The molecule has 15 heavy (non-hydrogen) atoms. The molecule has 2 N–H and O–H groups in total. The summed E-state index contributed by atoms with van der Waals surface area (Å²) in [5.74, 6) is 0. The first-order valence-electron chi connectivity index (χ1n) is 4.79. The molecule has 1 aromatic rings. The fraction of sp³-hybridized carbons (Fsp3) is 0.455. The Morgan fingerprint density at radius 2 is 2.27 bits per heavy atom. The van der Waals surface area contributed by atoms with Crippen LogP contribution in [0.2, 0.25) is 0 Å². The molecule has 84 valence electrons. The Hall–Kier alpha value is -0.0900. The molecular weight excluding hydrogens is 277 g/mol. The lowest BCUT2D eigenvalue weighted by molar-refractivity contribution is 0.178. The zero-order valence-corrected chi connectivity index (χ0v) is 10.8. The Labute approximate surface area is 105 Å². The van der Waals surface area contributed by atoms with Gasteiger partial charge in [-0.3, -0.25) is 0 Å². The van der Waals surface area contributed by atoms with Gasteiger partial charge in [0.15, 0.2) is 0 Å². The molecule has 2 rings (SSSR count). The van der Waals surface area contributed by atoms with Crippen molar-refractivity contribution in [3.8, 4) is 0 Å². The number of ether oxygens (including phenoxy) is 1. The second-order valence-corrected chi connectivity index (χ2v) is 4.89. The molecule has 0 spiro atoms. The van der Waals surface area contributed by atoms with Gasteiger partial charge < -0.3 is 10.5 Å². The third-order valence-corrected chi connectivity index (χ3v) is 3.07. The van der Waals surface area contributed by atoms with Crippen LogP contribution in [0.25, 0.3) is 0 Å². The normalized spacial score (nSPS) is 24.9. The van der Waals surface area contributed by atoms with E-state index in [1.165, 1.54) is 5.56 Å². The molecule has 0 aliphatic carbocycles. The van der Waals surface area contributed by atoms with Crippen molar-refractivity contribution in [2.45, 2.75) is 18.4 Å². The molecule has 1 fully saturated rings. The molecule has 0 amide bonds. The summed E-state index contributed by atoms with van der Waals surface area (Å²) in [6.45, 7) is 1.48. The molecule has 0 radical (unpaired) electrons. The van der Waals surface area contributed by atoms with E-state index in [1.807, 2.05) is 12.1 Å². The summed E-state index contributed by atoms with van der Waals surface area (Å²) in [5, 5.41) is 0. The predicted molar refractivity (Wildman–Crippen MR) is 67.4 cm³/mol. The summed E-state index contributed by atoms with van der Waals surface area (Å²) in [6, 6.07) is 8.29. The monoisotopic (exact) mass is 291 g/mol. The van der Waals surface area contributed by atoms with Crippen molar-refractivity contribution >= 4 is 28.3 Å². The van der Waals surface area contributed by atoms with Gasteiger partial charge in [-0.05, 0) is 30.5 Å². The molecule has 1 unspecified atom stereocenters. The van der Waals surface area contributed by atoms with Gasteiger partial charge in [-0.1, -0.05) is 28.1 Å². The first-order valence-corrected chi connectivity index (χ1v) is 5.58. The van der Waals surface area contributed by atoms with Crippen molar-refractivity contribution in [2.75, 3.05) is 13.2 Å². The third kappa shape index (κ3) is 3.45. The smallest absolute Gasteiger partial charge is 0.0650 e. The summed E-state index contributed by atoms with van der Waals surface area (Å²) >= 11 is 3.46. The summed E-state index contributed by atoms with van der Waals surface area (Å²) in [6.07, 6.45) is 1.85. The average Bonchev–Trinajstić information content (AvgIpc) is 2.51. The van der Waals surface area contributed by atoms with Crippen molar-refractivity contribution in [1.82, 2.24) is 0 Å². The zero-order chi connectivity index (χ0) is 10.0. The fourth-order valence-corrected chi connectivity index (χ4v) is 2.26. The highest BCUT2D eigenvalue weighted by molar-refractivity contribution is 9.10. The summed E-state index contributed by atoms with van der Waals surface area (Å²) < 4.78 is 6.43.